The Morgan fingerprint density at radius 1 is 1.57 bits per heavy atom. The molecule has 2 atom stereocenters. The van der Waals surface area contributed by atoms with Crippen molar-refractivity contribution in [2.24, 2.45) is 0 Å². The lowest BCUT2D eigenvalue weighted by atomic mass is 10.1. The summed E-state index contributed by atoms with van der Waals surface area (Å²) < 4.78 is 5.86. The predicted octanol–water partition coefficient (Wildman–Crippen LogP) is 3.11. The Morgan fingerprint density at radius 2 is 2.48 bits per heavy atom. The average molecular weight is 331 g/mol. The molecule has 0 aromatic carbocycles. The summed E-state index contributed by atoms with van der Waals surface area (Å²) in [4.78, 5) is 18.1. The molecule has 1 saturated heterocycles. The molecule has 0 unspecified atom stereocenters. The first kappa shape index (κ1) is 15.8. The Balaban J connectivity index is 1.44. The van der Waals surface area contributed by atoms with E-state index in [4.69, 9.17) is 4.74 Å². The molecule has 0 bridgehead atoms. The first-order valence-corrected chi connectivity index (χ1v) is 8.78. The highest BCUT2D eigenvalue weighted by Crippen LogP contribution is 2.19. The maximum atomic E-state index is 12.3. The Labute approximate surface area is 140 Å². The summed E-state index contributed by atoms with van der Waals surface area (Å²) in [6.45, 7) is 4.12. The van der Waals surface area contributed by atoms with E-state index in [1.807, 2.05) is 17.0 Å². The number of hydrogen-bond donors (Lipinski definition) is 1. The van der Waals surface area contributed by atoms with E-state index in [9.17, 15) is 4.79 Å². The van der Waals surface area contributed by atoms with Gasteiger partial charge in [0.15, 0.2) is 0 Å². The van der Waals surface area contributed by atoms with Crippen LogP contribution >= 0.6 is 11.3 Å². The molecule has 23 heavy (non-hydrogen) atoms. The maximum absolute atomic E-state index is 12.3. The van der Waals surface area contributed by atoms with Gasteiger partial charge in [-0.15, -0.1) is 0 Å². The third-order valence-corrected chi connectivity index (χ3v) is 4.74. The molecule has 2 aromatic rings. The number of thiophene rings is 1. The Kier molecular flexibility index (Phi) is 5.12. The SMILES string of the molecule is C[C@@H](CNC(=O)N1CC[C@H](Oc2cccnc2)C1)c1ccsc1. The van der Waals surface area contributed by atoms with Crippen molar-refractivity contribution in [3.05, 3.63) is 46.9 Å². The number of ether oxygens (including phenoxy) is 1. The average Bonchev–Trinajstić information content (AvgIpc) is 3.25. The first-order chi connectivity index (χ1) is 11.2. The normalized spacial score (nSPS) is 18.7. The van der Waals surface area contributed by atoms with Gasteiger partial charge in [0, 0.05) is 25.7 Å². The highest BCUT2D eigenvalue weighted by Gasteiger charge is 2.27. The number of urea groups is 1. The van der Waals surface area contributed by atoms with Crippen molar-refractivity contribution in [1.82, 2.24) is 15.2 Å². The van der Waals surface area contributed by atoms with Crippen LogP contribution in [0.4, 0.5) is 4.79 Å². The summed E-state index contributed by atoms with van der Waals surface area (Å²) in [6, 6.07) is 5.83. The Morgan fingerprint density at radius 3 is 3.22 bits per heavy atom. The molecular formula is C17H21N3O2S. The molecule has 3 heterocycles. The molecule has 6 heteroatoms. The maximum Gasteiger partial charge on any atom is 0.317 e. The van der Waals surface area contributed by atoms with Gasteiger partial charge in [0.1, 0.15) is 11.9 Å². The van der Waals surface area contributed by atoms with Crippen LogP contribution in [0.15, 0.2) is 41.4 Å². The lowest BCUT2D eigenvalue weighted by Crippen LogP contribution is -2.40. The van der Waals surface area contributed by atoms with Crippen LogP contribution in [0.25, 0.3) is 0 Å². The van der Waals surface area contributed by atoms with Gasteiger partial charge in [-0.3, -0.25) is 4.98 Å². The number of rotatable bonds is 5. The molecule has 1 aliphatic heterocycles. The van der Waals surface area contributed by atoms with E-state index in [1.165, 1.54) is 5.56 Å². The number of likely N-dealkylation sites (tertiary alicyclic amines) is 1. The summed E-state index contributed by atoms with van der Waals surface area (Å²) >= 11 is 1.68. The smallest absolute Gasteiger partial charge is 0.317 e. The van der Waals surface area contributed by atoms with Crippen molar-refractivity contribution in [3.63, 3.8) is 0 Å². The molecule has 0 radical (unpaired) electrons. The predicted molar refractivity (Wildman–Crippen MR) is 91.0 cm³/mol. The van der Waals surface area contributed by atoms with Gasteiger partial charge < -0.3 is 15.0 Å². The monoisotopic (exact) mass is 331 g/mol. The zero-order chi connectivity index (χ0) is 16.1. The quantitative estimate of drug-likeness (QED) is 0.916. The van der Waals surface area contributed by atoms with E-state index >= 15 is 0 Å². The van der Waals surface area contributed by atoms with Gasteiger partial charge in [-0.05, 0) is 40.4 Å². The second-order valence-electron chi connectivity index (χ2n) is 5.81. The van der Waals surface area contributed by atoms with Crippen LogP contribution in [-0.4, -0.2) is 41.7 Å². The van der Waals surface area contributed by atoms with E-state index < -0.39 is 0 Å². The van der Waals surface area contributed by atoms with Crippen LogP contribution in [0.5, 0.6) is 5.75 Å². The minimum atomic E-state index is -0.00985. The summed E-state index contributed by atoms with van der Waals surface area (Å²) in [5.74, 6) is 1.08. The van der Waals surface area contributed by atoms with E-state index in [-0.39, 0.29) is 12.1 Å². The number of hydrogen-bond acceptors (Lipinski definition) is 4. The minimum Gasteiger partial charge on any atom is -0.487 e. The highest BCUT2D eigenvalue weighted by atomic mass is 32.1. The Bertz CT molecular complexity index is 618. The molecule has 3 rings (SSSR count). The summed E-state index contributed by atoms with van der Waals surface area (Å²) in [5, 5.41) is 7.21. The van der Waals surface area contributed by atoms with E-state index in [0.29, 0.717) is 19.0 Å². The van der Waals surface area contributed by atoms with Crippen molar-refractivity contribution >= 4 is 17.4 Å². The van der Waals surface area contributed by atoms with Gasteiger partial charge in [0.05, 0.1) is 12.7 Å². The molecule has 2 aromatic heterocycles. The standard InChI is InChI=1S/C17H21N3O2S/c1-13(14-5-8-23-12-14)9-19-17(21)20-7-4-16(11-20)22-15-3-2-6-18-10-15/h2-3,5-6,8,10,12-13,16H,4,7,9,11H2,1H3,(H,19,21)/t13-,16-/m0/s1. The molecule has 5 nitrogen and oxygen atoms in total. The van der Waals surface area contributed by atoms with Crippen LogP contribution in [0.3, 0.4) is 0 Å². The van der Waals surface area contributed by atoms with E-state index in [2.05, 4.69) is 34.1 Å². The number of nitrogens with zero attached hydrogens (tertiary/aromatic N) is 2. The number of amides is 2. The van der Waals surface area contributed by atoms with E-state index in [1.54, 1.807) is 23.7 Å². The van der Waals surface area contributed by atoms with Crippen molar-refractivity contribution in [2.45, 2.75) is 25.4 Å². The van der Waals surface area contributed by atoms with Crippen LogP contribution < -0.4 is 10.1 Å². The van der Waals surface area contributed by atoms with Gasteiger partial charge >= 0.3 is 6.03 Å². The summed E-state index contributed by atoms with van der Waals surface area (Å²) in [6.07, 6.45) is 4.31. The van der Waals surface area contributed by atoms with E-state index in [0.717, 1.165) is 18.7 Å². The fourth-order valence-corrected chi connectivity index (χ4v) is 3.43. The zero-order valence-corrected chi connectivity index (χ0v) is 14.0. The lowest BCUT2D eigenvalue weighted by molar-refractivity contribution is 0.186. The minimum absolute atomic E-state index is 0.00985. The number of carbonyl (C=O) groups is 1. The molecule has 1 aliphatic rings. The summed E-state index contributed by atoms with van der Waals surface area (Å²) in [5.41, 5.74) is 1.27. The largest absolute Gasteiger partial charge is 0.487 e. The number of aromatic nitrogens is 1. The van der Waals surface area contributed by atoms with Crippen molar-refractivity contribution in [2.75, 3.05) is 19.6 Å². The molecule has 0 saturated carbocycles. The Hall–Kier alpha value is -2.08. The van der Waals surface area contributed by atoms with Crippen LogP contribution in [0, 0.1) is 0 Å². The topological polar surface area (TPSA) is 54.5 Å². The molecule has 122 valence electrons. The van der Waals surface area contributed by atoms with Gasteiger partial charge in [-0.2, -0.15) is 11.3 Å². The van der Waals surface area contributed by atoms with Crippen LogP contribution in [0.1, 0.15) is 24.8 Å². The van der Waals surface area contributed by atoms with Crippen molar-refractivity contribution in [3.8, 4) is 5.75 Å². The number of pyridine rings is 1. The van der Waals surface area contributed by atoms with Gasteiger partial charge in [-0.1, -0.05) is 6.92 Å². The van der Waals surface area contributed by atoms with Gasteiger partial charge in [0.2, 0.25) is 0 Å². The fourth-order valence-electron chi connectivity index (χ4n) is 2.64. The first-order valence-electron chi connectivity index (χ1n) is 7.84. The fraction of sp³-hybridized carbons (Fsp3) is 0.412. The van der Waals surface area contributed by atoms with Crippen molar-refractivity contribution in [1.29, 1.82) is 0 Å². The molecular weight excluding hydrogens is 310 g/mol. The molecule has 2 amide bonds. The highest BCUT2D eigenvalue weighted by molar-refractivity contribution is 7.07. The van der Waals surface area contributed by atoms with Crippen LogP contribution in [-0.2, 0) is 0 Å². The third kappa shape index (κ3) is 4.22. The zero-order valence-electron chi connectivity index (χ0n) is 13.1. The van der Waals surface area contributed by atoms with Gasteiger partial charge in [0.25, 0.3) is 0 Å². The van der Waals surface area contributed by atoms with Crippen molar-refractivity contribution < 1.29 is 9.53 Å². The van der Waals surface area contributed by atoms with Crippen LogP contribution in [0.2, 0.25) is 0 Å². The number of nitrogens with one attached hydrogen (secondary N) is 1. The number of carbonyl (C=O) groups excluding carboxylic acids is 1. The van der Waals surface area contributed by atoms with Gasteiger partial charge in [-0.25, -0.2) is 4.79 Å². The lowest BCUT2D eigenvalue weighted by Gasteiger charge is -2.19. The molecule has 0 spiro atoms. The molecule has 0 aliphatic carbocycles. The third-order valence-electron chi connectivity index (χ3n) is 4.04. The second-order valence-corrected chi connectivity index (χ2v) is 6.59. The second kappa shape index (κ2) is 7.46. The molecule has 1 fully saturated rings. The summed E-state index contributed by atoms with van der Waals surface area (Å²) in [7, 11) is 0. The molecule has 1 N–H and O–H groups in total.